The Morgan fingerprint density at radius 1 is 1.00 bits per heavy atom. The molecule has 0 aliphatic carbocycles. The zero-order chi connectivity index (χ0) is 26.9. The van der Waals surface area contributed by atoms with Crippen LogP contribution in [0.3, 0.4) is 0 Å². The SMILES string of the molecule is CCn1c(SCC(=O)Nc2ccc(OC)c(Cl)c2)nnc1-c1ccc(NC(=O)/C=C/c2ccccc2)cc1. The van der Waals surface area contributed by atoms with E-state index in [1.54, 1.807) is 24.3 Å². The Balaban J connectivity index is 1.36. The van der Waals surface area contributed by atoms with E-state index in [-0.39, 0.29) is 17.6 Å². The highest BCUT2D eigenvalue weighted by molar-refractivity contribution is 7.99. The van der Waals surface area contributed by atoms with Crippen LogP contribution in [0.2, 0.25) is 5.02 Å². The van der Waals surface area contributed by atoms with Gasteiger partial charge in [0, 0.05) is 29.6 Å². The molecule has 3 aromatic carbocycles. The number of nitrogens with zero attached hydrogens (tertiary/aromatic N) is 3. The van der Waals surface area contributed by atoms with Crippen molar-refractivity contribution < 1.29 is 14.3 Å². The summed E-state index contributed by atoms with van der Waals surface area (Å²) in [6, 6.07) is 22.1. The number of aromatic nitrogens is 3. The van der Waals surface area contributed by atoms with Gasteiger partial charge in [-0.25, -0.2) is 0 Å². The number of hydrogen-bond donors (Lipinski definition) is 2. The van der Waals surface area contributed by atoms with Gasteiger partial charge in [0.1, 0.15) is 5.75 Å². The smallest absolute Gasteiger partial charge is 0.248 e. The van der Waals surface area contributed by atoms with Gasteiger partial charge in [0.25, 0.3) is 0 Å². The highest BCUT2D eigenvalue weighted by Crippen LogP contribution is 2.28. The second kappa shape index (κ2) is 12.9. The van der Waals surface area contributed by atoms with Crippen molar-refractivity contribution in [1.29, 1.82) is 0 Å². The summed E-state index contributed by atoms with van der Waals surface area (Å²) in [5, 5.41) is 15.3. The fourth-order valence-electron chi connectivity index (χ4n) is 3.59. The molecule has 2 N–H and O–H groups in total. The number of anilines is 2. The first kappa shape index (κ1) is 27.0. The van der Waals surface area contributed by atoms with Crippen LogP contribution < -0.4 is 15.4 Å². The summed E-state index contributed by atoms with van der Waals surface area (Å²) < 4.78 is 7.08. The highest BCUT2D eigenvalue weighted by Gasteiger charge is 2.15. The first-order chi connectivity index (χ1) is 18.5. The lowest BCUT2D eigenvalue weighted by atomic mass is 10.2. The largest absolute Gasteiger partial charge is 0.495 e. The highest BCUT2D eigenvalue weighted by atomic mass is 35.5. The van der Waals surface area contributed by atoms with Gasteiger partial charge < -0.3 is 19.9 Å². The van der Waals surface area contributed by atoms with Crippen molar-refractivity contribution in [3.63, 3.8) is 0 Å². The molecule has 1 heterocycles. The summed E-state index contributed by atoms with van der Waals surface area (Å²) in [5.74, 6) is 0.970. The molecule has 4 aromatic rings. The van der Waals surface area contributed by atoms with Crippen LogP contribution in [0.4, 0.5) is 11.4 Å². The van der Waals surface area contributed by atoms with Crippen LogP contribution in [0.1, 0.15) is 12.5 Å². The quantitative estimate of drug-likeness (QED) is 0.186. The molecule has 10 heteroatoms. The molecule has 0 saturated carbocycles. The summed E-state index contributed by atoms with van der Waals surface area (Å²) in [7, 11) is 1.53. The summed E-state index contributed by atoms with van der Waals surface area (Å²) >= 11 is 7.43. The Kier molecular flexibility index (Phi) is 9.18. The van der Waals surface area contributed by atoms with E-state index in [1.165, 1.54) is 24.9 Å². The number of amides is 2. The molecule has 4 rings (SSSR count). The number of halogens is 1. The Morgan fingerprint density at radius 2 is 1.74 bits per heavy atom. The maximum Gasteiger partial charge on any atom is 0.248 e. The normalized spacial score (nSPS) is 10.9. The number of hydrogen-bond acceptors (Lipinski definition) is 6. The van der Waals surface area contributed by atoms with Gasteiger partial charge >= 0.3 is 0 Å². The van der Waals surface area contributed by atoms with E-state index >= 15 is 0 Å². The lowest BCUT2D eigenvalue weighted by Crippen LogP contribution is -2.14. The molecule has 0 aliphatic heterocycles. The van der Waals surface area contributed by atoms with Gasteiger partial charge in [0.2, 0.25) is 11.8 Å². The van der Waals surface area contributed by atoms with Crippen LogP contribution in [-0.4, -0.2) is 39.4 Å². The van der Waals surface area contributed by atoms with Gasteiger partial charge in [0.05, 0.1) is 17.9 Å². The van der Waals surface area contributed by atoms with Crippen molar-refractivity contribution in [2.75, 3.05) is 23.5 Å². The van der Waals surface area contributed by atoms with Crippen molar-refractivity contribution in [3.8, 4) is 17.1 Å². The van der Waals surface area contributed by atoms with Gasteiger partial charge in [-0.1, -0.05) is 53.7 Å². The van der Waals surface area contributed by atoms with Gasteiger partial charge in [-0.05, 0) is 61.0 Å². The molecule has 2 amide bonds. The molecule has 0 radical (unpaired) electrons. The Hall–Kier alpha value is -4.08. The van der Waals surface area contributed by atoms with E-state index in [9.17, 15) is 9.59 Å². The molecule has 0 fully saturated rings. The number of methoxy groups -OCH3 is 1. The second-order valence-electron chi connectivity index (χ2n) is 8.05. The second-order valence-corrected chi connectivity index (χ2v) is 9.40. The summed E-state index contributed by atoms with van der Waals surface area (Å²) in [4.78, 5) is 24.7. The molecule has 0 atom stereocenters. The molecular weight excluding hydrogens is 522 g/mol. The number of thioether (sulfide) groups is 1. The van der Waals surface area contributed by atoms with Crippen LogP contribution in [-0.2, 0) is 16.1 Å². The molecule has 194 valence electrons. The average molecular weight is 548 g/mol. The zero-order valence-electron chi connectivity index (χ0n) is 20.8. The number of ether oxygens (including phenoxy) is 1. The summed E-state index contributed by atoms with van der Waals surface area (Å²) in [6.07, 6.45) is 3.26. The predicted octanol–water partition coefficient (Wildman–Crippen LogP) is 6.01. The standard InChI is InChI=1S/C28H26ClN5O3S/c1-3-34-27(20-10-12-21(13-11-20)30-25(35)16-9-19-7-5-4-6-8-19)32-33-28(34)38-18-26(36)31-22-14-15-24(37-2)23(29)17-22/h4-17H,3,18H2,1-2H3,(H,30,35)(H,31,36)/b16-9+. The molecule has 0 bridgehead atoms. The van der Waals surface area contributed by atoms with Crippen molar-refractivity contribution in [1.82, 2.24) is 14.8 Å². The Morgan fingerprint density at radius 3 is 2.42 bits per heavy atom. The minimum Gasteiger partial charge on any atom is -0.495 e. The van der Waals surface area contributed by atoms with Gasteiger partial charge in [0.15, 0.2) is 11.0 Å². The molecule has 0 spiro atoms. The number of carbonyl (C=O) groups is 2. The fourth-order valence-corrected chi connectivity index (χ4v) is 4.65. The van der Waals surface area contributed by atoms with Crippen molar-refractivity contribution in [3.05, 3.63) is 89.5 Å². The lowest BCUT2D eigenvalue weighted by Gasteiger charge is -2.09. The van der Waals surface area contributed by atoms with E-state index < -0.39 is 0 Å². The van der Waals surface area contributed by atoms with E-state index in [0.29, 0.717) is 39.7 Å². The van der Waals surface area contributed by atoms with Gasteiger partial charge in [-0.15, -0.1) is 10.2 Å². The van der Waals surface area contributed by atoms with Crippen molar-refractivity contribution in [2.45, 2.75) is 18.6 Å². The number of benzene rings is 3. The van der Waals surface area contributed by atoms with Crippen LogP contribution in [0.5, 0.6) is 5.75 Å². The zero-order valence-corrected chi connectivity index (χ0v) is 22.4. The third kappa shape index (κ3) is 7.02. The third-order valence-electron chi connectivity index (χ3n) is 5.44. The Labute approximate surface area is 230 Å². The lowest BCUT2D eigenvalue weighted by molar-refractivity contribution is -0.114. The van der Waals surface area contributed by atoms with E-state index in [2.05, 4.69) is 20.8 Å². The Bertz CT molecular complexity index is 1440. The van der Waals surface area contributed by atoms with E-state index in [1.807, 2.05) is 66.1 Å². The molecular formula is C28H26ClN5O3S. The molecule has 38 heavy (non-hydrogen) atoms. The van der Waals surface area contributed by atoms with Crippen LogP contribution in [0.15, 0.2) is 84.0 Å². The number of nitrogens with one attached hydrogen (secondary N) is 2. The third-order valence-corrected chi connectivity index (χ3v) is 6.70. The maximum atomic E-state index is 12.5. The van der Waals surface area contributed by atoms with E-state index in [0.717, 1.165) is 11.1 Å². The molecule has 0 saturated heterocycles. The number of carbonyl (C=O) groups excluding carboxylic acids is 2. The maximum absolute atomic E-state index is 12.5. The first-order valence-electron chi connectivity index (χ1n) is 11.8. The van der Waals surface area contributed by atoms with Gasteiger partial charge in [-0.2, -0.15) is 0 Å². The topological polar surface area (TPSA) is 98.1 Å². The minimum absolute atomic E-state index is 0.156. The number of rotatable bonds is 10. The van der Waals surface area contributed by atoms with Crippen molar-refractivity contribution in [2.24, 2.45) is 0 Å². The molecule has 1 aromatic heterocycles. The predicted molar refractivity (Wildman–Crippen MR) is 153 cm³/mol. The van der Waals surface area contributed by atoms with Crippen molar-refractivity contribution >= 4 is 52.6 Å². The van der Waals surface area contributed by atoms with Crippen LogP contribution in [0.25, 0.3) is 17.5 Å². The monoisotopic (exact) mass is 547 g/mol. The summed E-state index contributed by atoms with van der Waals surface area (Å²) in [6.45, 7) is 2.62. The molecule has 0 unspecified atom stereocenters. The summed E-state index contributed by atoms with van der Waals surface area (Å²) in [5.41, 5.74) is 3.06. The average Bonchev–Trinajstić information content (AvgIpc) is 3.35. The molecule has 8 nitrogen and oxygen atoms in total. The first-order valence-corrected chi connectivity index (χ1v) is 13.2. The molecule has 0 aliphatic rings. The minimum atomic E-state index is -0.216. The fraction of sp³-hybridized carbons (Fsp3) is 0.143. The van der Waals surface area contributed by atoms with Gasteiger partial charge in [-0.3, -0.25) is 9.59 Å². The van der Waals surface area contributed by atoms with Crippen LogP contribution in [0, 0.1) is 0 Å². The van der Waals surface area contributed by atoms with E-state index in [4.69, 9.17) is 16.3 Å². The van der Waals surface area contributed by atoms with Crippen LogP contribution >= 0.6 is 23.4 Å².